The molecule has 106 valence electrons. The average Bonchev–Trinajstić information content (AvgIpc) is 2.32. The lowest BCUT2D eigenvalue weighted by molar-refractivity contribution is -0.133. The fourth-order valence-electron chi connectivity index (χ4n) is 1.04. The van der Waals surface area contributed by atoms with Gasteiger partial charge < -0.3 is 16.2 Å². The van der Waals surface area contributed by atoms with Crippen LogP contribution in [0.25, 0.3) is 0 Å². The zero-order valence-electron chi connectivity index (χ0n) is 10.8. The second kappa shape index (κ2) is 7.85. The fraction of sp³-hybridized carbons (Fsp3) is 0.455. The summed E-state index contributed by atoms with van der Waals surface area (Å²) in [7, 11) is 0. The molecule has 0 fully saturated rings. The predicted molar refractivity (Wildman–Crippen MR) is 66.0 cm³/mol. The number of amides is 4. The van der Waals surface area contributed by atoms with Gasteiger partial charge in [-0.15, -0.1) is 0 Å². The van der Waals surface area contributed by atoms with Crippen molar-refractivity contribution < 1.29 is 24.3 Å². The summed E-state index contributed by atoms with van der Waals surface area (Å²) in [6, 6.07) is -0.757. The molecule has 0 aromatic rings. The molecule has 0 rings (SSSR count). The third kappa shape index (κ3) is 6.81. The number of rotatable bonds is 6. The molecule has 0 aliphatic carbocycles. The Morgan fingerprint density at radius 2 is 1.68 bits per heavy atom. The SMILES string of the molecule is CC(C(=O)O)=C(C)C(=O)NC(=O)NCCCC(N)=O. The molecule has 19 heavy (non-hydrogen) atoms. The number of hydrogen-bond donors (Lipinski definition) is 4. The van der Waals surface area contributed by atoms with E-state index in [4.69, 9.17) is 10.8 Å². The van der Waals surface area contributed by atoms with Gasteiger partial charge in [-0.1, -0.05) is 0 Å². The molecular formula is C11H17N3O5. The first-order valence-electron chi connectivity index (χ1n) is 5.54. The third-order valence-electron chi connectivity index (χ3n) is 2.34. The summed E-state index contributed by atoms with van der Waals surface area (Å²) < 4.78 is 0. The number of carboxylic acid groups (broad SMARTS) is 1. The predicted octanol–water partition coefficient (Wildman–Crippen LogP) is -0.501. The van der Waals surface area contributed by atoms with Crippen LogP contribution in [0, 0.1) is 0 Å². The van der Waals surface area contributed by atoms with E-state index >= 15 is 0 Å². The van der Waals surface area contributed by atoms with Gasteiger partial charge in [0.05, 0.1) is 0 Å². The molecule has 0 saturated heterocycles. The lowest BCUT2D eigenvalue weighted by atomic mass is 10.1. The molecule has 8 heteroatoms. The van der Waals surface area contributed by atoms with E-state index in [1.165, 1.54) is 13.8 Å². The number of nitrogens with one attached hydrogen (secondary N) is 2. The molecule has 0 bridgehead atoms. The van der Waals surface area contributed by atoms with E-state index in [1.54, 1.807) is 0 Å². The number of carbonyl (C=O) groups excluding carboxylic acids is 3. The minimum Gasteiger partial charge on any atom is -0.478 e. The largest absolute Gasteiger partial charge is 0.478 e. The third-order valence-corrected chi connectivity index (χ3v) is 2.34. The van der Waals surface area contributed by atoms with Gasteiger partial charge in [0, 0.05) is 24.1 Å². The maximum atomic E-state index is 11.5. The van der Waals surface area contributed by atoms with E-state index in [2.05, 4.69) is 5.32 Å². The number of primary amides is 1. The quantitative estimate of drug-likeness (QED) is 0.381. The smallest absolute Gasteiger partial charge is 0.331 e. The Bertz CT molecular complexity index is 428. The van der Waals surface area contributed by atoms with Crippen molar-refractivity contribution in [3.8, 4) is 0 Å². The van der Waals surface area contributed by atoms with Crippen molar-refractivity contribution in [1.29, 1.82) is 0 Å². The minimum atomic E-state index is -1.23. The highest BCUT2D eigenvalue weighted by atomic mass is 16.4. The van der Waals surface area contributed by atoms with Gasteiger partial charge in [0.15, 0.2) is 0 Å². The molecule has 0 aliphatic heterocycles. The Hall–Kier alpha value is -2.38. The first-order chi connectivity index (χ1) is 8.75. The Balaban J connectivity index is 4.20. The number of carboxylic acids is 1. The van der Waals surface area contributed by atoms with Crippen LogP contribution in [0.5, 0.6) is 0 Å². The summed E-state index contributed by atoms with van der Waals surface area (Å²) in [6.07, 6.45) is 0.491. The van der Waals surface area contributed by atoms with Crippen molar-refractivity contribution in [1.82, 2.24) is 10.6 Å². The maximum absolute atomic E-state index is 11.5. The lowest BCUT2D eigenvalue weighted by Crippen LogP contribution is -2.40. The van der Waals surface area contributed by atoms with E-state index in [0.717, 1.165) is 0 Å². The number of hydrogen-bond acceptors (Lipinski definition) is 4. The van der Waals surface area contributed by atoms with Crippen molar-refractivity contribution in [2.75, 3.05) is 6.54 Å². The number of aliphatic carboxylic acids is 1. The fourth-order valence-corrected chi connectivity index (χ4v) is 1.04. The molecular weight excluding hydrogens is 254 g/mol. The van der Waals surface area contributed by atoms with E-state index in [1.807, 2.05) is 5.32 Å². The Kier molecular flexibility index (Phi) is 6.87. The monoisotopic (exact) mass is 271 g/mol. The van der Waals surface area contributed by atoms with Gasteiger partial charge in [0.2, 0.25) is 5.91 Å². The first kappa shape index (κ1) is 16.6. The van der Waals surface area contributed by atoms with Crippen LogP contribution in [0.1, 0.15) is 26.7 Å². The topological polar surface area (TPSA) is 139 Å². The average molecular weight is 271 g/mol. The summed E-state index contributed by atoms with van der Waals surface area (Å²) in [5.74, 6) is -2.49. The lowest BCUT2D eigenvalue weighted by Gasteiger charge is -2.07. The van der Waals surface area contributed by atoms with Crippen LogP contribution in [0.2, 0.25) is 0 Å². The van der Waals surface area contributed by atoms with E-state index in [0.29, 0.717) is 6.42 Å². The molecule has 0 unspecified atom stereocenters. The zero-order valence-corrected chi connectivity index (χ0v) is 10.8. The van der Waals surface area contributed by atoms with Crippen LogP contribution in [-0.4, -0.2) is 35.5 Å². The second-order valence-corrected chi connectivity index (χ2v) is 3.84. The van der Waals surface area contributed by atoms with E-state index in [-0.39, 0.29) is 24.1 Å². The van der Waals surface area contributed by atoms with Gasteiger partial charge >= 0.3 is 12.0 Å². The number of urea groups is 1. The molecule has 4 amide bonds. The van der Waals surface area contributed by atoms with Crippen LogP contribution in [0.3, 0.4) is 0 Å². The summed E-state index contributed by atoms with van der Waals surface area (Å²) in [4.78, 5) is 43.8. The number of imide groups is 1. The molecule has 0 heterocycles. The highest BCUT2D eigenvalue weighted by Crippen LogP contribution is 2.03. The first-order valence-corrected chi connectivity index (χ1v) is 5.54. The molecule has 8 nitrogen and oxygen atoms in total. The molecule has 0 atom stereocenters. The Labute approximate surface area is 110 Å². The van der Waals surface area contributed by atoms with Crippen LogP contribution in [-0.2, 0) is 14.4 Å². The number of nitrogens with two attached hydrogens (primary N) is 1. The molecule has 5 N–H and O–H groups in total. The van der Waals surface area contributed by atoms with Crippen LogP contribution < -0.4 is 16.4 Å². The van der Waals surface area contributed by atoms with Gasteiger partial charge in [0.25, 0.3) is 5.91 Å². The van der Waals surface area contributed by atoms with Crippen LogP contribution in [0.4, 0.5) is 4.79 Å². The van der Waals surface area contributed by atoms with Gasteiger partial charge in [-0.3, -0.25) is 14.9 Å². The highest BCUT2D eigenvalue weighted by Gasteiger charge is 2.14. The molecule has 0 aromatic heterocycles. The Morgan fingerprint density at radius 1 is 1.11 bits per heavy atom. The summed E-state index contributed by atoms with van der Waals surface area (Å²) in [6.45, 7) is 2.75. The molecule has 0 spiro atoms. The van der Waals surface area contributed by atoms with E-state index < -0.39 is 23.8 Å². The Morgan fingerprint density at radius 3 is 2.16 bits per heavy atom. The van der Waals surface area contributed by atoms with Gasteiger partial charge in [-0.2, -0.15) is 0 Å². The van der Waals surface area contributed by atoms with Crippen molar-refractivity contribution in [2.45, 2.75) is 26.7 Å². The summed E-state index contributed by atoms with van der Waals surface area (Å²) >= 11 is 0. The maximum Gasteiger partial charge on any atom is 0.331 e. The van der Waals surface area contributed by atoms with Crippen LogP contribution in [0.15, 0.2) is 11.1 Å². The van der Waals surface area contributed by atoms with E-state index in [9.17, 15) is 19.2 Å². The van der Waals surface area contributed by atoms with Crippen molar-refractivity contribution in [3.63, 3.8) is 0 Å². The standard InChI is InChI=1S/C11H17N3O5/c1-6(7(2)10(17)18)9(16)14-11(19)13-5-3-4-8(12)15/h3-5H2,1-2H3,(H2,12,15)(H,17,18)(H2,13,14,16,19). The van der Waals surface area contributed by atoms with Crippen molar-refractivity contribution in [2.24, 2.45) is 5.73 Å². The minimum absolute atomic E-state index is 0.0558. The van der Waals surface area contributed by atoms with Crippen molar-refractivity contribution >= 4 is 23.8 Å². The molecule has 0 radical (unpaired) electrons. The van der Waals surface area contributed by atoms with Crippen molar-refractivity contribution in [3.05, 3.63) is 11.1 Å². The summed E-state index contributed by atoms with van der Waals surface area (Å²) in [5, 5.41) is 13.0. The number of carbonyl (C=O) groups is 4. The molecule has 0 aliphatic rings. The summed E-state index contributed by atoms with van der Waals surface area (Å²) in [5.41, 5.74) is 4.71. The van der Waals surface area contributed by atoms with Gasteiger partial charge in [-0.25, -0.2) is 9.59 Å². The van der Waals surface area contributed by atoms with Gasteiger partial charge in [-0.05, 0) is 20.3 Å². The highest BCUT2D eigenvalue weighted by molar-refractivity contribution is 6.07. The molecule has 0 aromatic carbocycles. The second-order valence-electron chi connectivity index (χ2n) is 3.84. The van der Waals surface area contributed by atoms with Gasteiger partial charge in [0.1, 0.15) is 0 Å². The molecule has 0 saturated carbocycles. The van der Waals surface area contributed by atoms with Crippen LogP contribution >= 0.6 is 0 Å². The normalized spacial score (nSPS) is 11.3. The zero-order chi connectivity index (χ0) is 15.0.